The van der Waals surface area contributed by atoms with Crippen LogP contribution in [0.15, 0.2) is 42.5 Å². The van der Waals surface area contributed by atoms with Gasteiger partial charge in [0.15, 0.2) is 0 Å². The quantitative estimate of drug-likeness (QED) is 0.745. The molecule has 3 rings (SSSR count). The molecule has 3 nitrogen and oxygen atoms in total. The van der Waals surface area contributed by atoms with Gasteiger partial charge in [0.05, 0.1) is 5.56 Å². The number of aromatic carboxylic acids is 1. The summed E-state index contributed by atoms with van der Waals surface area (Å²) >= 11 is 0. The molecule has 0 amide bonds. The molecular formula is C24H27NO2. The standard InChI is InChI=1S/C24H27NO2/c1-4-25(22-13-14-22)16-21-12-9-19(15-23(21)17(2)3)6-5-18-7-10-20(11-8-18)24(26)27/h7-12,15,17,22H,4,13-14,16H2,1-3H3,(H,26,27). The second-order valence-corrected chi connectivity index (χ2v) is 7.50. The monoisotopic (exact) mass is 361 g/mol. The Bertz CT molecular complexity index is 867. The molecule has 0 atom stereocenters. The van der Waals surface area contributed by atoms with Crippen LogP contribution < -0.4 is 0 Å². The first kappa shape index (κ1) is 19.2. The zero-order chi connectivity index (χ0) is 19.4. The SMILES string of the molecule is CCN(Cc1ccc(C#Cc2ccc(C(=O)O)cc2)cc1C(C)C)C1CC1. The van der Waals surface area contributed by atoms with Crippen LogP contribution in [0.2, 0.25) is 0 Å². The summed E-state index contributed by atoms with van der Waals surface area (Å²) in [6, 6.07) is 14.0. The van der Waals surface area contributed by atoms with Gasteiger partial charge in [0, 0.05) is 23.7 Å². The van der Waals surface area contributed by atoms with Crippen molar-refractivity contribution in [2.24, 2.45) is 0 Å². The summed E-state index contributed by atoms with van der Waals surface area (Å²) in [5.41, 5.74) is 4.86. The minimum absolute atomic E-state index is 0.281. The maximum Gasteiger partial charge on any atom is 0.335 e. The molecule has 1 N–H and O–H groups in total. The van der Waals surface area contributed by atoms with Crippen LogP contribution in [0, 0.1) is 11.8 Å². The van der Waals surface area contributed by atoms with E-state index in [0.29, 0.717) is 5.92 Å². The van der Waals surface area contributed by atoms with Crippen LogP contribution in [0.5, 0.6) is 0 Å². The van der Waals surface area contributed by atoms with Gasteiger partial charge in [0.25, 0.3) is 0 Å². The third-order valence-electron chi connectivity index (χ3n) is 5.09. The number of carboxylic acid groups (broad SMARTS) is 1. The van der Waals surface area contributed by atoms with Gasteiger partial charge in [0.2, 0.25) is 0 Å². The van der Waals surface area contributed by atoms with Gasteiger partial charge in [-0.2, -0.15) is 0 Å². The van der Waals surface area contributed by atoms with Gasteiger partial charge in [-0.25, -0.2) is 4.79 Å². The second-order valence-electron chi connectivity index (χ2n) is 7.50. The highest BCUT2D eigenvalue weighted by Gasteiger charge is 2.28. The Morgan fingerprint density at radius 2 is 1.74 bits per heavy atom. The van der Waals surface area contributed by atoms with Crippen LogP contribution in [0.25, 0.3) is 0 Å². The van der Waals surface area contributed by atoms with E-state index < -0.39 is 5.97 Å². The van der Waals surface area contributed by atoms with E-state index >= 15 is 0 Å². The summed E-state index contributed by atoms with van der Waals surface area (Å²) in [7, 11) is 0. The van der Waals surface area contributed by atoms with Crippen molar-refractivity contribution in [3.63, 3.8) is 0 Å². The number of carboxylic acids is 1. The Kier molecular flexibility index (Phi) is 5.98. The van der Waals surface area contributed by atoms with Gasteiger partial charge in [0.1, 0.15) is 0 Å². The van der Waals surface area contributed by atoms with Crippen LogP contribution in [0.1, 0.15) is 72.1 Å². The van der Waals surface area contributed by atoms with Gasteiger partial charge in [-0.15, -0.1) is 0 Å². The number of benzene rings is 2. The summed E-state index contributed by atoms with van der Waals surface area (Å²) in [6.45, 7) is 8.81. The molecule has 1 saturated carbocycles. The summed E-state index contributed by atoms with van der Waals surface area (Å²) in [4.78, 5) is 13.5. The topological polar surface area (TPSA) is 40.5 Å². The van der Waals surface area contributed by atoms with Gasteiger partial charge >= 0.3 is 5.97 Å². The minimum Gasteiger partial charge on any atom is -0.478 e. The lowest BCUT2D eigenvalue weighted by Gasteiger charge is -2.23. The maximum atomic E-state index is 10.9. The molecular weight excluding hydrogens is 334 g/mol. The van der Waals surface area contributed by atoms with Crippen LogP contribution in [0.3, 0.4) is 0 Å². The first-order chi connectivity index (χ1) is 13.0. The molecule has 0 heterocycles. The molecule has 0 unspecified atom stereocenters. The fraction of sp³-hybridized carbons (Fsp3) is 0.375. The molecule has 0 saturated heterocycles. The molecule has 1 aliphatic carbocycles. The number of hydrogen-bond donors (Lipinski definition) is 1. The Balaban J connectivity index is 1.80. The average molecular weight is 361 g/mol. The van der Waals surface area contributed by atoms with Crippen molar-refractivity contribution in [1.29, 1.82) is 0 Å². The number of hydrogen-bond acceptors (Lipinski definition) is 2. The number of rotatable bonds is 6. The van der Waals surface area contributed by atoms with E-state index in [1.165, 1.54) is 24.0 Å². The van der Waals surface area contributed by atoms with E-state index in [0.717, 1.165) is 30.3 Å². The van der Waals surface area contributed by atoms with E-state index in [1.807, 2.05) is 0 Å². The molecule has 0 radical (unpaired) electrons. The van der Waals surface area contributed by atoms with Crippen LogP contribution in [-0.2, 0) is 6.54 Å². The Labute approximate surface area is 162 Å². The minimum atomic E-state index is -0.918. The maximum absolute atomic E-state index is 10.9. The van der Waals surface area contributed by atoms with Crippen molar-refractivity contribution >= 4 is 5.97 Å². The van der Waals surface area contributed by atoms with Crippen molar-refractivity contribution in [1.82, 2.24) is 4.90 Å². The van der Waals surface area contributed by atoms with Crippen molar-refractivity contribution in [2.75, 3.05) is 6.54 Å². The molecule has 2 aromatic carbocycles. The first-order valence-electron chi connectivity index (χ1n) is 9.70. The molecule has 1 fully saturated rings. The predicted octanol–water partition coefficient (Wildman–Crippen LogP) is 4.89. The molecule has 2 aromatic rings. The van der Waals surface area contributed by atoms with Crippen molar-refractivity contribution in [3.05, 3.63) is 70.3 Å². The molecule has 0 bridgehead atoms. The fourth-order valence-electron chi connectivity index (χ4n) is 3.35. The van der Waals surface area contributed by atoms with Crippen LogP contribution in [0.4, 0.5) is 0 Å². The number of nitrogens with zero attached hydrogens (tertiary/aromatic N) is 1. The largest absolute Gasteiger partial charge is 0.478 e. The Hall–Kier alpha value is -2.57. The highest BCUT2D eigenvalue weighted by Crippen LogP contribution is 2.30. The summed E-state index contributed by atoms with van der Waals surface area (Å²) in [5.74, 6) is 5.90. The molecule has 0 aliphatic heterocycles. The molecule has 27 heavy (non-hydrogen) atoms. The lowest BCUT2D eigenvalue weighted by molar-refractivity contribution is 0.0697. The lowest BCUT2D eigenvalue weighted by atomic mass is 9.94. The van der Waals surface area contributed by atoms with E-state index in [1.54, 1.807) is 24.3 Å². The summed E-state index contributed by atoms with van der Waals surface area (Å²) < 4.78 is 0. The lowest BCUT2D eigenvalue weighted by Crippen LogP contribution is -2.25. The third-order valence-corrected chi connectivity index (χ3v) is 5.09. The molecule has 0 spiro atoms. The highest BCUT2D eigenvalue weighted by atomic mass is 16.4. The van der Waals surface area contributed by atoms with Crippen molar-refractivity contribution in [3.8, 4) is 11.8 Å². The summed E-state index contributed by atoms with van der Waals surface area (Å²) in [5, 5.41) is 8.97. The zero-order valence-corrected chi connectivity index (χ0v) is 16.3. The van der Waals surface area contributed by atoms with E-state index in [4.69, 9.17) is 5.11 Å². The fourth-order valence-corrected chi connectivity index (χ4v) is 3.35. The molecule has 140 valence electrons. The molecule has 1 aliphatic rings. The average Bonchev–Trinajstić information content (AvgIpc) is 3.50. The van der Waals surface area contributed by atoms with E-state index in [2.05, 4.69) is 55.7 Å². The van der Waals surface area contributed by atoms with Crippen LogP contribution >= 0.6 is 0 Å². The Morgan fingerprint density at radius 1 is 1.11 bits per heavy atom. The predicted molar refractivity (Wildman–Crippen MR) is 109 cm³/mol. The number of carbonyl (C=O) groups is 1. The normalized spacial score (nSPS) is 13.5. The van der Waals surface area contributed by atoms with E-state index in [9.17, 15) is 4.79 Å². The van der Waals surface area contributed by atoms with Gasteiger partial charge < -0.3 is 5.11 Å². The van der Waals surface area contributed by atoms with Crippen molar-refractivity contribution in [2.45, 2.75) is 52.1 Å². The highest BCUT2D eigenvalue weighted by molar-refractivity contribution is 5.87. The van der Waals surface area contributed by atoms with E-state index in [-0.39, 0.29) is 5.56 Å². The Morgan fingerprint density at radius 3 is 2.30 bits per heavy atom. The smallest absolute Gasteiger partial charge is 0.335 e. The van der Waals surface area contributed by atoms with Crippen molar-refractivity contribution < 1.29 is 9.90 Å². The third kappa shape index (κ3) is 4.99. The molecule has 3 heteroatoms. The molecule has 0 aromatic heterocycles. The van der Waals surface area contributed by atoms with Crippen LogP contribution in [-0.4, -0.2) is 28.6 Å². The van der Waals surface area contributed by atoms with Gasteiger partial charge in [-0.3, -0.25) is 4.90 Å². The van der Waals surface area contributed by atoms with Gasteiger partial charge in [-0.1, -0.05) is 38.7 Å². The zero-order valence-electron chi connectivity index (χ0n) is 16.3. The first-order valence-corrected chi connectivity index (χ1v) is 9.70. The second kappa shape index (κ2) is 8.41. The van der Waals surface area contributed by atoms with Gasteiger partial charge in [-0.05, 0) is 72.8 Å². The summed E-state index contributed by atoms with van der Waals surface area (Å²) in [6.07, 6.45) is 2.66.